The molecule has 0 radical (unpaired) electrons. The molecule has 1 aliphatic rings. The van der Waals surface area contributed by atoms with Gasteiger partial charge in [0.25, 0.3) is 0 Å². The minimum Gasteiger partial charge on any atom is -0.352 e. The molecule has 2 N–H and O–H groups in total. The number of amides is 1. The van der Waals surface area contributed by atoms with E-state index in [0.29, 0.717) is 6.04 Å². The van der Waals surface area contributed by atoms with E-state index in [0.717, 1.165) is 18.4 Å². The molecule has 1 unspecified atom stereocenters. The van der Waals surface area contributed by atoms with Gasteiger partial charge in [-0.1, -0.05) is 0 Å². The third kappa shape index (κ3) is 2.36. The molecule has 1 atom stereocenters. The second kappa shape index (κ2) is 4.02. The Balaban J connectivity index is 2.04. The second-order valence-electron chi connectivity index (χ2n) is 3.95. The van der Waals surface area contributed by atoms with Crippen molar-refractivity contribution in [3.05, 3.63) is 18.0 Å². The van der Waals surface area contributed by atoms with Crippen LogP contribution in [-0.2, 0) is 11.8 Å². The van der Waals surface area contributed by atoms with Crippen LogP contribution in [0.1, 0.15) is 24.4 Å². The van der Waals surface area contributed by atoms with Crippen LogP contribution in [0.4, 0.5) is 0 Å². The molecule has 1 amide bonds. The van der Waals surface area contributed by atoms with Crippen molar-refractivity contribution >= 4 is 5.91 Å². The highest BCUT2D eigenvalue weighted by Crippen LogP contribution is 2.20. The van der Waals surface area contributed by atoms with Gasteiger partial charge in [0.15, 0.2) is 0 Å². The van der Waals surface area contributed by atoms with Gasteiger partial charge in [-0.05, 0) is 19.9 Å². The van der Waals surface area contributed by atoms with Crippen LogP contribution in [0.15, 0.2) is 12.4 Å². The molecule has 82 valence electrons. The maximum absolute atomic E-state index is 11.8. The standard InChI is InChI=1S/C10H16N4O/c1-11-9(7-5-12-14(2)6-7)10(15)13-8-3-4-8/h5-6,8-9,11H,3-4H2,1-2H3,(H,13,15). The SMILES string of the molecule is CNC(C(=O)NC1CC1)c1cnn(C)c1. The number of carbonyl (C=O) groups excluding carboxylic acids is 1. The lowest BCUT2D eigenvalue weighted by Crippen LogP contribution is -2.36. The van der Waals surface area contributed by atoms with E-state index in [1.54, 1.807) is 17.9 Å². The average Bonchev–Trinajstić information content (AvgIpc) is 2.90. The molecule has 0 spiro atoms. The van der Waals surface area contributed by atoms with Crippen LogP contribution in [0, 0.1) is 0 Å². The van der Waals surface area contributed by atoms with Crippen molar-refractivity contribution in [3.63, 3.8) is 0 Å². The van der Waals surface area contributed by atoms with Crippen molar-refractivity contribution < 1.29 is 4.79 Å². The average molecular weight is 208 g/mol. The molecule has 1 aromatic rings. The molecule has 5 heteroatoms. The number of aromatic nitrogens is 2. The first-order valence-electron chi connectivity index (χ1n) is 5.17. The summed E-state index contributed by atoms with van der Waals surface area (Å²) in [5, 5.41) is 10.0. The number of aryl methyl sites for hydroxylation is 1. The number of nitrogens with zero attached hydrogens (tertiary/aromatic N) is 2. The van der Waals surface area contributed by atoms with E-state index >= 15 is 0 Å². The predicted molar refractivity (Wildman–Crippen MR) is 56.2 cm³/mol. The van der Waals surface area contributed by atoms with E-state index in [4.69, 9.17) is 0 Å². The van der Waals surface area contributed by atoms with Crippen LogP contribution in [0.25, 0.3) is 0 Å². The van der Waals surface area contributed by atoms with Gasteiger partial charge in [-0.2, -0.15) is 5.10 Å². The van der Waals surface area contributed by atoms with Gasteiger partial charge in [-0.15, -0.1) is 0 Å². The van der Waals surface area contributed by atoms with E-state index in [-0.39, 0.29) is 11.9 Å². The Morgan fingerprint density at radius 3 is 2.87 bits per heavy atom. The van der Waals surface area contributed by atoms with Crippen molar-refractivity contribution in [1.82, 2.24) is 20.4 Å². The Kier molecular flexibility index (Phi) is 2.73. The first-order chi connectivity index (χ1) is 7.20. The molecule has 0 saturated heterocycles. The molecule has 0 aliphatic heterocycles. The fourth-order valence-corrected chi connectivity index (χ4v) is 1.55. The Morgan fingerprint density at radius 2 is 2.40 bits per heavy atom. The molecular formula is C10H16N4O. The number of hydrogen-bond donors (Lipinski definition) is 2. The van der Waals surface area contributed by atoms with Crippen molar-refractivity contribution in [3.8, 4) is 0 Å². The summed E-state index contributed by atoms with van der Waals surface area (Å²) >= 11 is 0. The number of nitrogens with one attached hydrogen (secondary N) is 2. The summed E-state index contributed by atoms with van der Waals surface area (Å²) in [7, 11) is 3.62. The number of hydrogen-bond acceptors (Lipinski definition) is 3. The monoisotopic (exact) mass is 208 g/mol. The van der Waals surface area contributed by atoms with Gasteiger partial charge in [0.2, 0.25) is 5.91 Å². The van der Waals surface area contributed by atoms with E-state index in [2.05, 4.69) is 15.7 Å². The highest BCUT2D eigenvalue weighted by atomic mass is 16.2. The topological polar surface area (TPSA) is 59.0 Å². The van der Waals surface area contributed by atoms with Gasteiger partial charge in [-0.25, -0.2) is 0 Å². The Bertz CT molecular complexity index is 356. The summed E-state index contributed by atoms with van der Waals surface area (Å²) in [5.41, 5.74) is 0.901. The van der Waals surface area contributed by atoms with Crippen LogP contribution in [0.5, 0.6) is 0 Å². The van der Waals surface area contributed by atoms with Gasteiger partial charge in [0.1, 0.15) is 6.04 Å². The molecule has 0 aromatic carbocycles. The van der Waals surface area contributed by atoms with E-state index in [9.17, 15) is 4.79 Å². The smallest absolute Gasteiger partial charge is 0.242 e. The summed E-state index contributed by atoms with van der Waals surface area (Å²) in [6, 6.07) is 0.101. The first kappa shape index (κ1) is 10.2. The number of carbonyl (C=O) groups is 1. The minimum absolute atomic E-state index is 0.0352. The van der Waals surface area contributed by atoms with Crippen LogP contribution in [0.2, 0.25) is 0 Å². The molecule has 1 aliphatic carbocycles. The zero-order valence-electron chi connectivity index (χ0n) is 9.03. The zero-order chi connectivity index (χ0) is 10.8. The zero-order valence-corrected chi connectivity index (χ0v) is 9.03. The summed E-state index contributed by atoms with van der Waals surface area (Å²) in [4.78, 5) is 11.8. The maximum atomic E-state index is 11.8. The third-order valence-electron chi connectivity index (χ3n) is 2.53. The molecule has 5 nitrogen and oxygen atoms in total. The fraction of sp³-hybridized carbons (Fsp3) is 0.600. The van der Waals surface area contributed by atoms with Gasteiger partial charge >= 0.3 is 0 Å². The Hall–Kier alpha value is -1.36. The van der Waals surface area contributed by atoms with Crippen LogP contribution < -0.4 is 10.6 Å². The van der Waals surface area contributed by atoms with Crippen molar-refractivity contribution in [1.29, 1.82) is 0 Å². The molecule has 0 bridgehead atoms. The van der Waals surface area contributed by atoms with Crippen LogP contribution >= 0.6 is 0 Å². The molecular weight excluding hydrogens is 192 g/mol. The number of likely N-dealkylation sites (N-methyl/N-ethyl adjacent to an activating group) is 1. The largest absolute Gasteiger partial charge is 0.352 e. The highest BCUT2D eigenvalue weighted by Gasteiger charge is 2.27. The Labute approximate surface area is 88.8 Å². The van der Waals surface area contributed by atoms with Crippen molar-refractivity contribution in [2.45, 2.75) is 24.9 Å². The second-order valence-corrected chi connectivity index (χ2v) is 3.95. The predicted octanol–water partition coefficient (Wildman–Crippen LogP) is -0.0408. The van der Waals surface area contributed by atoms with Gasteiger partial charge in [0, 0.05) is 24.8 Å². The van der Waals surface area contributed by atoms with Gasteiger partial charge < -0.3 is 10.6 Å². The summed E-state index contributed by atoms with van der Waals surface area (Å²) in [5.74, 6) is 0.0352. The molecule has 1 aromatic heterocycles. The summed E-state index contributed by atoms with van der Waals surface area (Å²) in [6.07, 6.45) is 5.78. The van der Waals surface area contributed by atoms with Crippen molar-refractivity contribution in [2.24, 2.45) is 7.05 Å². The summed E-state index contributed by atoms with van der Waals surface area (Å²) in [6.45, 7) is 0. The maximum Gasteiger partial charge on any atom is 0.242 e. The minimum atomic E-state index is -0.292. The Morgan fingerprint density at radius 1 is 1.67 bits per heavy atom. The molecule has 2 rings (SSSR count). The summed E-state index contributed by atoms with van der Waals surface area (Å²) < 4.78 is 1.70. The lowest BCUT2D eigenvalue weighted by Gasteiger charge is -2.13. The van der Waals surface area contributed by atoms with E-state index in [1.165, 1.54) is 0 Å². The third-order valence-corrected chi connectivity index (χ3v) is 2.53. The highest BCUT2D eigenvalue weighted by molar-refractivity contribution is 5.83. The molecule has 15 heavy (non-hydrogen) atoms. The van der Waals surface area contributed by atoms with Crippen LogP contribution in [0.3, 0.4) is 0 Å². The number of rotatable bonds is 4. The normalized spacial score (nSPS) is 17.5. The first-order valence-corrected chi connectivity index (χ1v) is 5.17. The van der Waals surface area contributed by atoms with Gasteiger partial charge in [0.05, 0.1) is 6.20 Å². The lowest BCUT2D eigenvalue weighted by atomic mass is 10.1. The van der Waals surface area contributed by atoms with E-state index in [1.807, 2.05) is 13.2 Å². The fourth-order valence-electron chi connectivity index (χ4n) is 1.55. The molecule has 1 heterocycles. The van der Waals surface area contributed by atoms with Crippen LogP contribution in [-0.4, -0.2) is 28.8 Å². The van der Waals surface area contributed by atoms with Crippen molar-refractivity contribution in [2.75, 3.05) is 7.05 Å². The molecule has 1 saturated carbocycles. The van der Waals surface area contributed by atoms with E-state index < -0.39 is 0 Å². The van der Waals surface area contributed by atoms with Gasteiger partial charge in [-0.3, -0.25) is 9.48 Å². The quantitative estimate of drug-likeness (QED) is 0.730. The molecule has 1 fully saturated rings. The lowest BCUT2D eigenvalue weighted by molar-refractivity contribution is -0.123.